The van der Waals surface area contributed by atoms with Crippen LogP contribution in [-0.2, 0) is 18.8 Å². The highest BCUT2D eigenvalue weighted by Gasteiger charge is 2.58. The van der Waals surface area contributed by atoms with Gasteiger partial charge in [0.25, 0.3) is 0 Å². The van der Waals surface area contributed by atoms with E-state index in [0.717, 1.165) is 32.1 Å². The lowest BCUT2D eigenvalue weighted by atomic mass is 9.48. The van der Waals surface area contributed by atoms with Crippen molar-refractivity contribution in [3.63, 3.8) is 0 Å². The molecular weight excluding hydrogens is 330 g/mol. The first-order valence-corrected chi connectivity index (χ1v) is 8.88. The summed E-state index contributed by atoms with van der Waals surface area (Å²) < 4.78 is 42.0. The quantitative estimate of drug-likeness (QED) is 0.361. The summed E-state index contributed by atoms with van der Waals surface area (Å²) in [6.45, 7) is 2.22. The van der Waals surface area contributed by atoms with Gasteiger partial charge in [-0.15, -0.1) is 0 Å². The molecule has 0 spiro atoms. The average molecular weight is 353 g/mol. The van der Waals surface area contributed by atoms with E-state index in [9.17, 15) is 14.0 Å². The summed E-state index contributed by atoms with van der Waals surface area (Å²) >= 11 is -0.315. The van der Waals surface area contributed by atoms with Crippen LogP contribution in [-0.4, -0.2) is 30.7 Å². The monoisotopic (exact) mass is 353 g/mol. The van der Waals surface area contributed by atoms with E-state index >= 15 is 0 Å². The van der Waals surface area contributed by atoms with Crippen LogP contribution in [0.5, 0.6) is 0 Å². The van der Waals surface area contributed by atoms with Crippen molar-refractivity contribution in [3.05, 3.63) is 0 Å². The molecule has 8 heteroatoms. The maximum absolute atomic E-state index is 13.4. The highest BCUT2D eigenvalue weighted by Crippen LogP contribution is 2.62. The van der Waals surface area contributed by atoms with E-state index in [-0.39, 0.29) is 23.1 Å². The lowest BCUT2D eigenvalue weighted by molar-refractivity contribution is -0.777. The second-order valence-corrected chi connectivity index (χ2v) is 8.33. The molecule has 0 heterocycles. The van der Waals surface area contributed by atoms with Gasteiger partial charge in [0.05, 0.1) is 12.2 Å². The smallest absolute Gasteiger partial charge is 0.343 e. The Morgan fingerprint density at radius 3 is 2.52 bits per heavy atom. The molecule has 0 N–H and O–H groups in total. The molecule has 2 unspecified atom stereocenters. The number of hydrogen-bond donors (Lipinski definition) is 0. The largest absolute Gasteiger partial charge is 0.691 e. The van der Waals surface area contributed by atoms with Crippen molar-refractivity contribution < 1.29 is 32.9 Å². The van der Waals surface area contributed by atoms with Crippen molar-refractivity contribution in [2.75, 3.05) is 19.8 Å². The normalized spacial score (nSPS) is 39.1. The van der Waals surface area contributed by atoms with Gasteiger partial charge in [0.15, 0.2) is 0 Å². The zero-order chi connectivity index (χ0) is 16.6. The van der Waals surface area contributed by atoms with E-state index in [1.165, 1.54) is 6.42 Å². The zero-order valence-corrected chi connectivity index (χ0v) is 14.0. The summed E-state index contributed by atoms with van der Waals surface area (Å²) in [6.07, 6.45) is 6.41. The molecule has 5 nitrogen and oxygen atoms in total. The second-order valence-electron chi connectivity index (χ2n) is 7.43. The Kier molecular flexibility index (Phi) is 5.21. The van der Waals surface area contributed by atoms with Gasteiger partial charge in [-0.25, -0.2) is 0 Å². The summed E-state index contributed by atoms with van der Waals surface area (Å²) in [6, 6.07) is 0. The van der Waals surface area contributed by atoms with Crippen LogP contribution in [0.15, 0.2) is 0 Å². The first kappa shape index (κ1) is 17.8. The summed E-state index contributed by atoms with van der Waals surface area (Å²) in [4.78, 5) is 0. The van der Waals surface area contributed by atoms with E-state index in [2.05, 4.69) is 9.37 Å². The van der Waals surface area contributed by atoms with Gasteiger partial charge in [-0.1, -0.05) is 0 Å². The number of halogens is 2. The molecule has 23 heavy (non-hydrogen) atoms. The number of hydrogen-bond acceptors (Lipinski definition) is 6. The Morgan fingerprint density at radius 1 is 1.22 bits per heavy atom. The molecule has 4 rings (SSSR count). The molecule has 4 bridgehead atoms. The summed E-state index contributed by atoms with van der Waals surface area (Å²) in [7, 11) is 0. The highest BCUT2D eigenvalue weighted by molar-refractivity contribution is 7.95. The Morgan fingerprint density at radius 2 is 1.91 bits per heavy atom. The predicted molar refractivity (Wildman–Crippen MR) is 77.0 cm³/mol. The summed E-state index contributed by atoms with van der Waals surface area (Å²) in [5, 5.41) is 9.30. The Bertz CT molecular complexity index is 409. The molecule has 0 saturated heterocycles. The van der Waals surface area contributed by atoms with Gasteiger partial charge in [0, 0.05) is 6.61 Å². The van der Waals surface area contributed by atoms with Crippen LogP contribution in [0.2, 0.25) is 0 Å². The van der Waals surface area contributed by atoms with Crippen LogP contribution < -0.4 is 5.26 Å². The van der Waals surface area contributed by atoms with E-state index in [1.54, 1.807) is 0 Å². The molecule has 0 aromatic carbocycles. The molecule has 134 valence electrons. The van der Waals surface area contributed by atoms with Gasteiger partial charge in [-0.05, 0) is 62.7 Å². The molecule has 0 aromatic rings. The molecule has 4 saturated carbocycles. The van der Waals surface area contributed by atoms with Gasteiger partial charge in [0.2, 0.25) is 0 Å². The van der Waals surface area contributed by atoms with Gasteiger partial charge in [-0.3, -0.25) is 5.04 Å². The van der Waals surface area contributed by atoms with E-state index in [4.69, 9.17) is 9.47 Å². The van der Waals surface area contributed by atoms with Crippen molar-refractivity contribution >= 4 is 12.0 Å². The third-order valence-electron chi connectivity index (χ3n) is 5.44. The first-order valence-electron chi connectivity index (χ1n) is 8.14. The van der Waals surface area contributed by atoms with Crippen molar-refractivity contribution in [2.45, 2.75) is 56.3 Å². The minimum atomic E-state index is -3.30. The van der Waals surface area contributed by atoms with Crippen LogP contribution in [0.1, 0.15) is 45.4 Å². The van der Waals surface area contributed by atoms with Gasteiger partial charge >= 0.3 is 5.25 Å². The lowest BCUT2D eigenvalue weighted by Gasteiger charge is -2.61. The van der Waals surface area contributed by atoms with Crippen molar-refractivity contribution in [2.24, 2.45) is 17.3 Å². The van der Waals surface area contributed by atoms with Gasteiger partial charge in [-0.2, -0.15) is 13.1 Å². The number of ether oxygens (including phenoxy) is 2. The Balaban J connectivity index is 1.57. The fraction of sp³-hybridized carbons (Fsp3) is 1.00. The van der Waals surface area contributed by atoms with Crippen LogP contribution in [0.25, 0.3) is 0 Å². The van der Waals surface area contributed by atoms with Crippen LogP contribution in [0.4, 0.5) is 8.78 Å². The molecule has 2 atom stereocenters. The summed E-state index contributed by atoms with van der Waals surface area (Å²) in [5.41, 5.74) is -0.116. The molecule has 4 fully saturated rings. The molecular formula is C15H23F2O5S-. The minimum Gasteiger partial charge on any atom is -0.691 e. The van der Waals surface area contributed by atoms with E-state index in [1.807, 2.05) is 6.92 Å². The zero-order valence-electron chi connectivity index (χ0n) is 13.2. The minimum absolute atomic E-state index is 0.0457. The fourth-order valence-corrected chi connectivity index (χ4v) is 5.74. The Labute approximate surface area is 139 Å². The lowest BCUT2D eigenvalue weighted by Crippen LogP contribution is -2.58. The van der Waals surface area contributed by atoms with Crippen LogP contribution >= 0.6 is 12.0 Å². The SMILES string of the molecule is CCOC12CC3CC(CC(COCC(F)(F)SOO[O-])(C3)C1)C2. The van der Waals surface area contributed by atoms with Crippen molar-refractivity contribution in [1.82, 2.24) is 0 Å². The highest BCUT2D eigenvalue weighted by atomic mass is 32.2. The predicted octanol–water partition coefficient (Wildman–Crippen LogP) is 2.84. The standard InChI is InChI=1S/C15H24F2O5S/c1-2-20-14-6-11-3-12(7-14)5-13(4-11,8-14)9-19-10-15(16,17)23-22-21-18/h11-12,18H,2-10H2,1H3/p-1. The second kappa shape index (κ2) is 6.72. The maximum Gasteiger partial charge on any atom is 0.343 e. The van der Waals surface area contributed by atoms with Crippen molar-refractivity contribution in [1.29, 1.82) is 0 Å². The topological polar surface area (TPSA) is 60.0 Å². The maximum atomic E-state index is 13.4. The molecule has 0 aliphatic heterocycles. The molecule has 0 amide bonds. The van der Waals surface area contributed by atoms with Gasteiger partial charge in [0.1, 0.15) is 18.6 Å². The van der Waals surface area contributed by atoms with Gasteiger partial charge < -0.3 is 14.7 Å². The fourth-order valence-electron chi connectivity index (χ4n) is 5.48. The third-order valence-corrected chi connectivity index (χ3v) is 5.93. The Hall–Kier alpha value is 0.01000. The van der Waals surface area contributed by atoms with Crippen LogP contribution in [0.3, 0.4) is 0 Å². The molecule has 0 radical (unpaired) electrons. The number of alkyl halides is 2. The molecule has 4 aliphatic rings. The molecule has 4 aliphatic carbocycles. The molecule has 0 aromatic heterocycles. The third kappa shape index (κ3) is 3.99. The van der Waals surface area contributed by atoms with E-state index in [0.29, 0.717) is 25.0 Å². The van der Waals surface area contributed by atoms with E-state index < -0.39 is 11.9 Å². The number of rotatable bonds is 9. The van der Waals surface area contributed by atoms with Crippen LogP contribution in [0, 0.1) is 17.3 Å². The average Bonchev–Trinajstić information content (AvgIpc) is 2.43. The van der Waals surface area contributed by atoms with Crippen molar-refractivity contribution in [3.8, 4) is 0 Å². The first-order chi connectivity index (χ1) is 10.9. The summed E-state index contributed by atoms with van der Waals surface area (Å²) in [5.74, 6) is 1.25.